The molecule has 0 amide bonds. The lowest BCUT2D eigenvalue weighted by Gasteiger charge is -2.41. The van der Waals surface area contributed by atoms with Crippen molar-refractivity contribution in [1.82, 2.24) is 4.90 Å². The fraction of sp³-hybridized carbons (Fsp3) is 0.131. The molecule has 1 aliphatic carbocycles. The molecule has 65 heavy (non-hydrogen) atoms. The van der Waals surface area contributed by atoms with E-state index in [4.69, 9.17) is 9.47 Å². The first kappa shape index (κ1) is 36.9. The van der Waals surface area contributed by atoms with E-state index in [1.54, 1.807) is 0 Å². The second-order valence-electron chi connectivity index (χ2n) is 18.3. The molecule has 2 unspecified atom stereocenters. The molecule has 4 heteroatoms. The molecule has 14 rings (SSSR count). The smallest absolute Gasteiger partial charge is 0.384 e. The van der Waals surface area contributed by atoms with Crippen LogP contribution in [0.5, 0.6) is 11.5 Å². The molecule has 0 bridgehead atoms. The van der Waals surface area contributed by atoms with Gasteiger partial charge < -0.3 is 9.47 Å². The quantitative estimate of drug-likeness (QED) is 0.165. The molecular weight excluding hydrogens is 793 g/mol. The maximum Gasteiger partial charge on any atom is 0.551 e. The van der Waals surface area contributed by atoms with Gasteiger partial charge in [-0.2, -0.15) is 4.90 Å². The fourth-order valence-corrected chi connectivity index (χ4v) is 12.1. The van der Waals surface area contributed by atoms with Crippen LogP contribution < -0.4 is 9.47 Å². The van der Waals surface area contributed by atoms with E-state index in [2.05, 4.69) is 210 Å². The summed E-state index contributed by atoms with van der Waals surface area (Å²) in [5, 5.41) is 9.52. The molecule has 4 aliphatic rings. The van der Waals surface area contributed by atoms with Crippen LogP contribution in [-0.4, -0.2) is 33.8 Å². The Morgan fingerprint density at radius 1 is 0.446 bits per heavy atom. The Bertz CT molecular complexity index is 3620. The predicted molar refractivity (Wildman–Crippen MR) is 266 cm³/mol. The highest BCUT2D eigenvalue weighted by Crippen LogP contribution is 2.56. The number of fused-ring (bicyclic) bond motifs is 9. The molecule has 2 fully saturated rings. The van der Waals surface area contributed by atoms with Gasteiger partial charge in [-0.25, -0.2) is 0 Å². The van der Waals surface area contributed by atoms with Gasteiger partial charge in [-0.1, -0.05) is 188 Å². The van der Waals surface area contributed by atoms with E-state index >= 15 is 0 Å². The van der Waals surface area contributed by atoms with Gasteiger partial charge in [0, 0.05) is 40.8 Å². The molecule has 1 saturated carbocycles. The molecule has 3 atom stereocenters. The van der Waals surface area contributed by atoms with Crippen molar-refractivity contribution in [2.45, 2.75) is 50.3 Å². The summed E-state index contributed by atoms with van der Waals surface area (Å²) < 4.78 is 18.6. The molecule has 0 N–H and O–H groups in total. The third-order valence-electron chi connectivity index (χ3n) is 14.9. The lowest BCUT2D eigenvalue weighted by Crippen LogP contribution is -2.63. The van der Waals surface area contributed by atoms with Crippen molar-refractivity contribution in [3.05, 3.63) is 205 Å². The van der Waals surface area contributed by atoms with Crippen LogP contribution >= 0.6 is 0 Å². The third-order valence-corrected chi connectivity index (χ3v) is 14.9. The van der Waals surface area contributed by atoms with Gasteiger partial charge in [-0.05, 0) is 90.3 Å². The summed E-state index contributed by atoms with van der Waals surface area (Å²) in [4.78, 5) is 2.58. The van der Waals surface area contributed by atoms with E-state index in [1.807, 2.05) is 0 Å². The molecule has 1 spiro atoms. The Kier molecular flexibility index (Phi) is 8.08. The number of hydrogen-bond acceptors (Lipinski definition) is 3. The molecule has 3 aliphatic heterocycles. The van der Waals surface area contributed by atoms with Gasteiger partial charge in [0.1, 0.15) is 5.75 Å². The number of rotatable bonds is 4. The number of nitrogens with zero attached hydrogens (tertiary/aromatic N) is 2. The van der Waals surface area contributed by atoms with E-state index in [9.17, 15) is 0 Å². The number of benzene rings is 10. The van der Waals surface area contributed by atoms with Crippen LogP contribution in [-0.2, 0) is 6.54 Å². The van der Waals surface area contributed by atoms with Crippen LogP contribution in [0.15, 0.2) is 194 Å². The van der Waals surface area contributed by atoms with Crippen molar-refractivity contribution in [1.29, 1.82) is 0 Å². The summed E-state index contributed by atoms with van der Waals surface area (Å²) >= 11 is 0. The lowest BCUT2D eigenvalue weighted by atomic mass is 9.85. The van der Waals surface area contributed by atoms with Gasteiger partial charge in [0.05, 0.1) is 11.6 Å². The van der Waals surface area contributed by atoms with E-state index in [1.165, 1.54) is 89.5 Å². The van der Waals surface area contributed by atoms with Crippen LogP contribution in [0.4, 0.5) is 0 Å². The summed E-state index contributed by atoms with van der Waals surface area (Å²) in [5.74, 6) is 1.75. The molecule has 1 saturated heterocycles. The average Bonchev–Trinajstić information content (AvgIpc) is 3.64. The Balaban J connectivity index is 1.07. The molecule has 3 heterocycles. The largest absolute Gasteiger partial charge is 0.551 e. The number of ether oxygens (including phenoxy) is 2. The zero-order chi connectivity index (χ0) is 42.6. The van der Waals surface area contributed by atoms with Gasteiger partial charge >= 0.3 is 6.03 Å². The van der Waals surface area contributed by atoms with Crippen LogP contribution in [0.1, 0.15) is 36.8 Å². The molecule has 4 nitrogen and oxygen atoms in total. The Morgan fingerprint density at radius 3 is 1.52 bits per heavy atom. The lowest BCUT2D eigenvalue weighted by molar-refractivity contribution is -0.717. The normalized spacial score (nSPS) is 19.7. The van der Waals surface area contributed by atoms with Gasteiger partial charge in [0.25, 0.3) is 0 Å². The average molecular weight is 838 g/mol. The predicted octanol–water partition coefficient (Wildman–Crippen LogP) is 14.6. The maximum atomic E-state index is 8.03. The van der Waals surface area contributed by atoms with Crippen molar-refractivity contribution < 1.29 is 14.0 Å². The van der Waals surface area contributed by atoms with Gasteiger partial charge in [0.2, 0.25) is 0 Å². The standard InChI is InChI=1S/C61H45N2O2/c1-3-17-39(18-4-1)51-33-31-41-21-7-11-25-47(41)55(51)57-49-27-13-9-23-43(49)35-45-37-62-53-29-15-16-30-54(53)63-38-46-36-44-24-10-14-28-50(44)58(60(46)65-61(62,63)64-59(45)57)56-48-26-12-8-22-42(48)32-34-52(56)40-19-5-2-6-20-40/h1-14,17-28,31-37,53-54H,15-16,29-30,38H2/q+1/t53-,54?,61?/m1/s1. The summed E-state index contributed by atoms with van der Waals surface area (Å²) in [6, 6.07) is 70.1. The van der Waals surface area contributed by atoms with E-state index in [0.717, 1.165) is 46.4 Å². The highest BCUT2D eigenvalue weighted by molar-refractivity contribution is 6.15. The monoisotopic (exact) mass is 837 g/mol. The fourth-order valence-electron chi connectivity index (χ4n) is 12.1. The van der Waals surface area contributed by atoms with E-state index in [-0.39, 0.29) is 12.1 Å². The Hall–Kier alpha value is -7.53. The van der Waals surface area contributed by atoms with Gasteiger partial charge in [-0.3, -0.25) is 0 Å². The van der Waals surface area contributed by atoms with Crippen LogP contribution in [0.25, 0.3) is 87.6 Å². The van der Waals surface area contributed by atoms with E-state index < -0.39 is 6.03 Å². The van der Waals surface area contributed by atoms with Crippen molar-refractivity contribution >= 4 is 49.3 Å². The zero-order valence-corrected chi connectivity index (χ0v) is 36.0. The second-order valence-corrected chi connectivity index (χ2v) is 18.3. The van der Waals surface area contributed by atoms with Crippen LogP contribution in [0.3, 0.4) is 0 Å². The molecule has 310 valence electrons. The van der Waals surface area contributed by atoms with Gasteiger partial charge in [0.15, 0.2) is 18.0 Å². The van der Waals surface area contributed by atoms with E-state index in [0.29, 0.717) is 6.54 Å². The minimum atomic E-state index is -1.23. The topological polar surface area (TPSA) is 24.7 Å². The van der Waals surface area contributed by atoms with Crippen molar-refractivity contribution in [3.8, 4) is 56.0 Å². The SMILES string of the molecule is C1=[N+]2[C@@H]3CCCCC3N3Cc4cc5ccccc5c(-c5c(-c6ccccc6)ccc6ccccc56)c4OC32Oc2c1cc1ccccc1c2-c1c(-c2ccccc2)ccc2ccccc12. The highest BCUT2D eigenvalue weighted by Gasteiger charge is 2.71. The van der Waals surface area contributed by atoms with Crippen molar-refractivity contribution in [3.63, 3.8) is 0 Å². The van der Waals surface area contributed by atoms with Crippen molar-refractivity contribution in [2.24, 2.45) is 0 Å². The Morgan fingerprint density at radius 2 is 0.923 bits per heavy atom. The van der Waals surface area contributed by atoms with Crippen LogP contribution in [0, 0.1) is 0 Å². The van der Waals surface area contributed by atoms with Crippen molar-refractivity contribution in [2.75, 3.05) is 0 Å². The summed E-state index contributed by atoms with van der Waals surface area (Å²) in [7, 11) is 0. The molecule has 10 aromatic rings. The third kappa shape index (κ3) is 5.44. The summed E-state index contributed by atoms with van der Waals surface area (Å²) in [6.45, 7) is 0.700. The van der Waals surface area contributed by atoms with Gasteiger partial charge in [-0.15, -0.1) is 4.58 Å². The zero-order valence-electron chi connectivity index (χ0n) is 36.0. The minimum Gasteiger partial charge on any atom is -0.384 e. The summed E-state index contributed by atoms with van der Waals surface area (Å²) in [5.41, 5.74) is 11.6. The minimum absolute atomic E-state index is 0.230. The molecular formula is C61H45N2O2+. The second kappa shape index (κ2) is 14.2. The number of hydrogen-bond donors (Lipinski definition) is 0. The summed E-state index contributed by atoms with van der Waals surface area (Å²) in [6.07, 6.45) is 6.94. The highest BCUT2D eigenvalue weighted by atomic mass is 16.8. The molecule has 0 aromatic heterocycles. The first-order valence-electron chi connectivity index (χ1n) is 23.3. The van der Waals surface area contributed by atoms with Crippen LogP contribution in [0.2, 0.25) is 0 Å². The molecule has 0 radical (unpaired) electrons. The maximum absolute atomic E-state index is 8.03. The Labute approximate surface area is 378 Å². The first-order valence-corrected chi connectivity index (χ1v) is 23.3. The molecule has 10 aromatic carbocycles. The first-order chi connectivity index (χ1) is 32.2.